The smallest absolute Gasteiger partial charge is 0.167 e. The van der Waals surface area contributed by atoms with E-state index in [1.165, 1.54) is 11.3 Å². The second-order valence-corrected chi connectivity index (χ2v) is 4.96. The van der Waals surface area contributed by atoms with Crippen LogP contribution in [0, 0.1) is 17.5 Å². The number of halogens is 3. The molecule has 2 rings (SSSR count). The minimum atomic E-state index is -1.16. The monoisotopic (exact) mass is 271 g/mol. The molecule has 18 heavy (non-hydrogen) atoms. The molecule has 0 amide bonds. The summed E-state index contributed by atoms with van der Waals surface area (Å²) in [4.78, 5) is 1.52. The van der Waals surface area contributed by atoms with Crippen LogP contribution < -0.4 is 5.32 Å². The van der Waals surface area contributed by atoms with Crippen molar-refractivity contribution in [2.75, 3.05) is 6.54 Å². The van der Waals surface area contributed by atoms with Gasteiger partial charge in [0.05, 0.1) is 0 Å². The molecule has 1 N–H and O–H groups in total. The zero-order valence-corrected chi connectivity index (χ0v) is 10.6. The Kier molecular flexibility index (Phi) is 4.04. The van der Waals surface area contributed by atoms with Crippen LogP contribution in [0.15, 0.2) is 24.3 Å². The van der Waals surface area contributed by atoms with Crippen molar-refractivity contribution < 1.29 is 13.2 Å². The molecule has 0 fully saturated rings. The van der Waals surface area contributed by atoms with Crippen LogP contribution in [0.5, 0.6) is 0 Å². The number of rotatable bonds is 4. The molecule has 5 heteroatoms. The van der Waals surface area contributed by atoms with Gasteiger partial charge in [-0.1, -0.05) is 6.92 Å². The van der Waals surface area contributed by atoms with Crippen LogP contribution in [0.3, 0.4) is 0 Å². The van der Waals surface area contributed by atoms with Gasteiger partial charge in [-0.25, -0.2) is 13.2 Å². The molecule has 0 aliphatic heterocycles. The molecule has 0 spiro atoms. The highest BCUT2D eigenvalue weighted by Gasteiger charge is 2.14. The summed E-state index contributed by atoms with van der Waals surface area (Å²) in [6.07, 6.45) is 0. The third-order valence-electron chi connectivity index (χ3n) is 2.47. The Hall–Kier alpha value is -1.33. The highest BCUT2D eigenvalue weighted by molar-refractivity contribution is 7.15. The lowest BCUT2D eigenvalue weighted by atomic mass is 10.1. The predicted molar refractivity (Wildman–Crippen MR) is 67.0 cm³/mol. The van der Waals surface area contributed by atoms with Crippen molar-refractivity contribution in [1.82, 2.24) is 5.32 Å². The summed E-state index contributed by atoms with van der Waals surface area (Å²) in [7, 11) is 0. The minimum absolute atomic E-state index is 0.0275. The molecule has 0 unspecified atom stereocenters. The van der Waals surface area contributed by atoms with Crippen molar-refractivity contribution in [2.24, 2.45) is 0 Å². The van der Waals surface area contributed by atoms with Crippen molar-refractivity contribution in [3.63, 3.8) is 0 Å². The lowest BCUT2D eigenvalue weighted by molar-refractivity contribution is 0.498. The highest BCUT2D eigenvalue weighted by atomic mass is 32.1. The zero-order chi connectivity index (χ0) is 13.1. The van der Waals surface area contributed by atoms with Gasteiger partial charge in [0.2, 0.25) is 0 Å². The fourth-order valence-corrected chi connectivity index (χ4v) is 2.59. The molecule has 0 radical (unpaired) electrons. The topological polar surface area (TPSA) is 12.0 Å². The molecule has 1 aromatic heterocycles. The molecule has 0 aliphatic rings. The number of hydrogen-bond donors (Lipinski definition) is 1. The number of benzene rings is 1. The maximum absolute atomic E-state index is 13.6. The van der Waals surface area contributed by atoms with Crippen molar-refractivity contribution in [3.05, 3.63) is 46.6 Å². The van der Waals surface area contributed by atoms with E-state index < -0.39 is 17.5 Å². The van der Waals surface area contributed by atoms with E-state index in [-0.39, 0.29) is 5.56 Å². The van der Waals surface area contributed by atoms with Crippen LogP contribution >= 0.6 is 11.3 Å². The van der Waals surface area contributed by atoms with Gasteiger partial charge in [-0.3, -0.25) is 0 Å². The van der Waals surface area contributed by atoms with Crippen LogP contribution in [0.2, 0.25) is 0 Å². The Morgan fingerprint density at radius 3 is 2.67 bits per heavy atom. The average Bonchev–Trinajstić information content (AvgIpc) is 2.79. The van der Waals surface area contributed by atoms with Crippen molar-refractivity contribution in [1.29, 1.82) is 0 Å². The largest absolute Gasteiger partial charge is 0.312 e. The van der Waals surface area contributed by atoms with E-state index in [0.717, 1.165) is 17.5 Å². The van der Waals surface area contributed by atoms with Crippen LogP contribution in [0.4, 0.5) is 13.2 Å². The molecule has 1 nitrogen and oxygen atoms in total. The molecule has 0 atom stereocenters. The van der Waals surface area contributed by atoms with Gasteiger partial charge in [-0.15, -0.1) is 11.3 Å². The molecule has 0 bridgehead atoms. The summed E-state index contributed by atoms with van der Waals surface area (Å²) in [6, 6.07) is 5.06. The SMILES string of the molecule is CCNCc1ccc(-c2cc(F)cc(F)c2F)s1. The molecule has 0 saturated carbocycles. The van der Waals surface area contributed by atoms with E-state index in [1.54, 1.807) is 6.07 Å². The van der Waals surface area contributed by atoms with Gasteiger partial charge >= 0.3 is 0 Å². The lowest BCUT2D eigenvalue weighted by Gasteiger charge is -2.02. The van der Waals surface area contributed by atoms with Crippen molar-refractivity contribution in [2.45, 2.75) is 13.5 Å². The van der Waals surface area contributed by atoms with E-state index in [1.807, 2.05) is 13.0 Å². The zero-order valence-electron chi connectivity index (χ0n) is 9.77. The number of nitrogens with one attached hydrogen (secondary N) is 1. The molecule has 2 aromatic rings. The second kappa shape index (κ2) is 5.54. The highest BCUT2D eigenvalue weighted by Crippen LogP contribution is 2.31. The summed E-state index contributed by atoms with van der Waals surface area (Å²) in [5.41, 5.74) is -0.0275. The fraction of sp³-hybridized carbons (Fsp3) is 0.231. The molecule has 1 heterocycles. The van der Waals surface area contributed by atoms with Crippen LogP contribution in [-0.2, 0) is 6.54 Å². The Morgan fingerprint density at radius 2 is 1.94 bits per heavy atom. The first-order chi connectivity index (χ1) is 8.61. The Bertz CT molecular complexity index is 551. The van der Waals surface area contributed by atoms with Gasteiger partial charge < -0.3 is 5.32 Å². The minimum Gasteiger partial charge on any atom is -0.312 e. The van der Waals surface area contributed by atoms with Crippen LogP contribution in [-0.4, -0.2) is 6.54 Å². The third-order valence-corrected chi connectivity index (χ3v) is 3.59. The summed E-state index contributed by atoms with van der Waals surface area (Å²) < 4.78 is 39.8. The fourth-order valence-electron chi connectivity index (χ4n) is 1.60. The predicted octanol–water partition coefficient (Wildman–Crippen LogP) is 3.94. The van der Waals surface area contributed by atoms with Gasteiger partial charge in [0, 0.05) is 27.9 Å². The van der Waals surface area contributed by atoms with Gasteiger partial charge in [-0.05, 0) is 24.7 Å². The van der Waals surface area contributed by atoms with Gasteiger partial charge in [0.25, 0.3) is 0 Å². The normalized spacial score (nSPS) is 10.9. The quantitative estimate of drug-likeness (QED) is 0.830. The summed E-state index contributed by atoms with van der Waals surface area (Å²) >= 11 is 1.32. The first-order valence-corrected chi connectivity index (χ1v) is 6.37. The maximum atomic E-state index is 13.6. The van der Waals surface area contributed by atoms with Crippen LogP contribution in [0.1, 0.15) is 11.8 Å². The standard InChI is InChI=1S/C13H12F3NS/c1-2-17-7-9-3-4-12(18-9)10-5-8(14)6-11(15)13(10)16/h3-6,17H,2,7H2,1H3. The lowest BCUT2D eigenvalue weighted by Crippen LogP contribution is -2.10. The van der Waals surface area contributed by atoms with E-state index in [4.69, 9.17) is 0 Å². The van der Waals surface area contributed by atoms with E-state index >= 15 is 0 Å². The summed E-state index contributed by atoms with van der Waals surface area (Å²) in [5, 5.41) is 3.14. The molecular weight excluding hydrogens is 259 g/mol. The first kappa shape index (κ1) is 13.1. The third kappa shape index (κ3) is 2.73. The van der Waals surface area contributed by atoms with Crippen molar-refractivity contribution in [3.8, 4) is 10.4 Å². The first-order valence-electron chi connectivity index (χ1n) is 5.56. The van der Waals surface area contributed by atoms with Crippen molar-refractivity contribution >= 4 is 11.3 Å². The second-order valence-electron chi connectivity index (χ2n) is 3.80. The van der Waals surface area contributed by atoms with E-state index in [2.05, 4.69) is 5.32 Å². The van der Waals surface area contributed by atoms with E-state index in [9.17, 15) is 13.2 Å². The number of hydrogen-bond acceptors (Lipinski definition) is 2. The summed E-state index contributed by atoms with van der Waals surface area (Å²) in [5.74, 6) is -2.94. The molecule has 0 saturated heterocycles. The Balaban J connectivity index is 2.34. The molecule has 96 valence electrons. The van der Waals surface area contributed by atoms with Gasteiger partial charge in [-0.2, -0.15) is 0 Å². The Morgan fingerprint density at radius 1 is 1.17 bits per heavy atom. The van der Waals surface area contributed by atoms with Gasteiger partial charge in [0.15, 0.2) is 11.6 Å². The molecular formula is C13H12F3NS. The van der Waals surface area contributed by atoms with Crippen LogP contribution in [0.25, 0.3) is 10.4 Å². The number of thiophene rings is 1. The Labute approximate surface area is 107 Å². The van der Waals surface area contributed by atoms with E-state index in [0.29, 0.717) is 17.5 Å². The average molecular weight is 271 g/mol. The maximum Gasteiger partial charge on any atom is 0.167 e. The summed E-state index contributed by atoms with van der Waals surface area (Å²) in [6.45, 7) is 3.48. The molecule has 0 aliphatic carbocycles. The van der Waals surface area contributed by atoms with Gasteiger partial charge in [0.1, 0.15) is 5.82 Å². The molecule has 1 aromatic carbocycles.